The van der Waals surface area contributed by atoms with E-state index < -0.39 is 5.82 Å². The van der Waals surface area contributed by atoms with Gasteiger partial charge in [0.05, 0.1) is 23.6 Å². The number of benzene rings is 1. The van der Waals surface area contributed by atoms with Gasteiger partial charge in [0, 0.05) is 23.5 Å². The first-order chi connectivity index (χ1) is 13.4. The average molecular weight is 399 g/mol. The second-order valence-corrected chi connectivity index (χ2v) is 6.75. The van der Waals surface area contributed by atoms with Crippen molar-refractivity contribution in [2.24, 2.45) is 0 Å². The van der Waals surface area contributed by atoms with Gasteiger partial charge in [0.2, 0.25) is 0 Å². The highest BCUT2D eigenvalue weighted by molar-refractivity contribution is 6.31. The summed E-state index contributed by atoms with van der Waals surface area (Å²) >= 11 is 6.11. The predicted molar refractivity (Wildman–Crippen MR) is 103 cm³/mol. The molecule has 0 fully saturated rings. The van der Waals surface area contributed by atoms with E-state index in [-0.39, 0.29) is 11.6 Å². The minimum atomic E-state index is -0.392. The third kappa shape index (κ3) is 3.34. The number of rotatable bonds is 4. The zero-order chi connectivity index (χ0) is 19.8. The Labute approximate surface area is 164 Å². The Hall–Kier alpha value is -3.26. The fourth-order valence-corrected chi connectivity index (χ4v) is 3.19. The Kier molecular flexibility index (Phi) is 4.56. The molecule has 1 aromatic carbocycles. The lowest BCUT2D eigenvalue weighted by molar-refractivity contribution is 0.102. The summed E-state index contributed by atoms with van der Waals surface area (Å²) in [6, 6.07) is 7.59. The van der Waals surface area contributed by atoms with Gasteiger partial charge >= 0.3 is 0 Å². The summed E-state index contributed by atoms with van der Waals surface area (Å²) in [6.07, 6.45) is 3.36. The molecule has 3 aromatic heterocycles. The molecule has 0 aliphatic rings. The number of anilines is 1. The molecule has 0 bridgehead atoms. The Morgan fingerprint density at radius 1 is 1.25 bits per heavy atom. The molecule has 0 aliphatic carbocycles. The van der Waals surface area contributed by atoms with Crippen LogP contribution in [0.3, 0.4) is 0 Å². The number of carbonyl (C=O) groups excluding carboxylic acids is 1. The number of carbonyl (C=O) groups is 1. The molecule has 4 rings (SSSR count). The molecular formula is C19H16ClFN6O. The van der Waals surface area contributed by atoms with E-state index in [2.05, 4.69) is 20.5 Å². The van der Waals surface area contributed by atoms with E-state index in [0.29, 0.717) is 28.6 Å². The number of aryl methyl sites for hydroxylation is 1. The van der Waals surface area contributed by atoms with Gasteiger partial charge in [-0.3, -0.25) is 9.48 Å². The average Bonchev–Trinajstić information content (AvgIpc) is 3.21. The molecule has 0 atom stereocenters. The SMILES string of the molecule is Cc1nn(Cc2ccc(F)cc2Cl)c(C)c1NC(=O)c1cc2ncccn2n1. The van der Waals surface area contributed by atoms with Gasteiger partial charge in [0.1, 0.15) is 5.82 Å². The smallest absolute Gasteiger partial charge is 0.276 e. The highest BCUT2D eigenvalue weighted by atomic mass is 35.5. The third-order valence-corrected chi connectivity index (χ3v) is 4.78. The maximum Gasteiger partial charge on any atom is 0.276 e. The van der Waals surface area contributed by atoms with Crippen LogP contribution in [0.2, 0.25) is 5.02 Å². The number of halogens is 2. The zero-order valence-electron chi connectivity index (χ0n) is 15.1. The van der Waals surface area contributed by atoms with Crippen molar-refractivity contribution in [3.63, 3.8) is 0 Å². The van der Waals surface area contributed by atoms with Gasteiger partial charge < -0.3 is 5.32 Å². The van der Waals surface area contributed by atoms with Crippen LogP contribution in [0, 0.1) is 19.7 Å². The molecule has 142 valence electrons. The van der Waals surface area contributed by atoms with E-state index >= 15 is 0 Å². The van der Waals surface area contributed by atoms with Crippen molar-refractivity contribution in [1.82, 2.24) is 24.4 Å². The summed E-state index contributed by atoms with van der Waals surface area (Å²) in [6.45, 7) is 4.01. The number of nitrogens with zero attached hydrogens (tertiary/aromatic N) is 5. The Bertz CT molecular complexity index is 1170. The fourth-order valence-electron chi connectivity index (χ4n) is 2.96. The molecule has 4 aromatic rings. The van der Waals surface area contributed by atoms with E-state index in [1.807, 2.05) is 6.92 Å². The van der Waals surface area contributed by atoms with E-state index in [0.717, 1.165) is 11.3 Å². The van der Waals surface area contributed by atoms with Crippen LogP contribution in [-0.4, -0.2) is 30.3 Å². The summed E-state index contributed by atoms with van der Waals surface area (Å²) in [5.74, 6) is -0.743. The zero-order valence-corrected chi connectivity index (χ0v) is 15.9. The summed E-state index contributed by atoms with van der Waals surface area (Å²) in [5, 5.41) is 11.9. The van der Waals surface area contributed by atoms with Crippen molar-refractivity contribution in [3.8, 4) is 0 Å². The normalized spacial score (nSPS) is 11.1. The van der Waals surface area contributed by atoms with Gasteiger partial charge in [-0.2, -0.15) is 10.2 Å². The fraction of sp³-hybridized carbons (Fsp3) is 0.158. The highest BCUT2D eigenvalue weighted by Gasteiger charge is 2.18. The molecule has 0 saturated carbocycles. The molecule has 0 unspecified atom stereocenters. The minimum Gasteiger partial charge on any atom is -0.317 e. The lowest BCUT2D eigenvalue weighted by Gasteiger charge is -2.08. The van der Waals surface area contributed by atoms with Crippen LogP contribution >= 0.6 is 11.6 Å². The van der Waals surface area contributed by atoms with Crippen LogP contribution in [0.15, 0.2) is 42.7 Å². The topological polar surface area (TPSA) is 77.1 Å². The molecule has 28 heavy (non-hydrogen) atoms. The van der Waals surface area contributed by atoms with Crippen molar-refractivity contribution in [3.05, 3.63) is 76.2 Å². The Morgan fingerprint density at radius 3 is 2.82 bits per heavy atom. The van der Waals surface area contributed by atoms with E-state index in [4.69, 9.17) is 11.6 Å². The molecule has 1 amide bonds. The lowest BCUT2D eigenvalue weighted by atomic mass is 10.2. The van der Waals surface area contributed by atoms with Gasteiger partial charge in [-0.05, 0) is 37.6 Å². The number of nitrogens with one attached hydrogen (secondary N) is 1. The first-order valence-corrected chi connectivity index (χ1v) is 8.90. The molecule has 0 aliphatic heterocycles. The van der Waals surface area contributed by atoms with Gasteiger partial charge in [-0.25, -0.2) is 13.9 Å². The Morgan fingerprint density at radius 2 is 2.07 bits per heavy atom. The number of amides is 1. The van der Waals surface area contributed by atoms with Crippen molar-refractivity contribution in [1.29, 1.82) is 0 Å². The number of aromatic nitrogens is 5. The largest absolute Gasteiger partial charge is 0.317 e. The van der Waals surface area contributed by atoms with E-state index in [1.54, 1.807) is 42.2 Å². The van der Waals surface area contributed by atoms with Gasteiger partial charge in [0.15, 0.2) is 11.3 Å². The molecule has 3 heterocycles. The molecule has 1 N–H and O–H groups in total. The number of fused-ring (bicyclic) bond motifs is 1. The van der Waals surface area contributed by atoms with Crippen LogP contribution < -0.4 is 5.32 Å². The summed E-state index contributed by atoms with van der Waals surface area (Å²) < 4.78 is 16.5. The Balaban J connectivity index is 1.59. The summed E-state index contributed by atoms with van der Waals surface area (Å²) in [4.78, 5) is 16.8. The molecule has 0 saturated heterocycles. The number of hydrogen-bond acceptors (Lipinski definition) is 4. The molecule has 7 nitrogen and oxygen atoms in total. The van der Waals surface area contributed by atoms with Crippen LogP contribution in [0.1, 0.15) is 27.4 Å². The summed E-state index contributed by atoms with van der Waals surface area (Å²) in [5.41, 5.74) is 3.60. The first-order valence-electron chi connectivity index (χ1n) is 8.52. The third-order valence-electron chi connectivity index (χ3n) is 4.42. The second-order valence-electron chi connectivity index (χ2n) is 6.35. The summed E-state index contributed by atoms with van der Waals surface area (Å²) in [7, 11) is 0. The first kappa shape index (κ1) is 18.1. The van der Waals surface area contributed by atoms with Gasteiger partial charge in [-0.1, -0.05) is 17.7 Å². The molecule has 9 heteroatoms. The highest BCUT2D eigenvalue weighted by Crippen LogP contribution is 2.24. The van der Waals surface area contributed by atoms with Crippen molar-refractivity contribution in [2.75, 3.05) is 5.32 Å². The molecule has 0 spiro atoms. The van der Waals surface area contributed by atoms with E-state index in [9.17, 15) is 9.18 Å². The maximum absolute atomic E-state index is 13.2. The van der Waals surface area contributed by atoms with E-state index in [1.165, 1.54) is 16.6 Å². The predicted octanol–water partition coefficient (Wildman–Crippen LogP) is 3.64. The van der Waals surface area contributed by atoms with Gasteiger partial charge in [-0.15, -0.1) is 0 Å². The van der Waals surface area contributed by atoms with Crippen LogP contribution in [0.25, 0.3) is 5.65 Å². The van der Waals surface area contributed by atoms with Crippen LogP contribution in [-0.2, 0) is 6.54 Å². The second kappa shape index (κ2) is 7.05. The quantitative estimate of drug-likeness (QED) is 0.569. The monoisotopic (exact) mass is 398 g/mol. The number of hydrogen-bond donors (Lipinski definition) is 1. The van der Waals surface area contributed by atoms with Gasteiger partial charge in [0.25, 0.3) is 5.91 Å². The van der Waals surface area contributed by atoms with Crippen molar-refractivity contribution in [2.45, 2.75) is 20.4 Å². The van der Waals surface area contributed by atoms with Crippen molar-refractivity contribution < 1.29 is 9.18 Å². The van der Waals surface area contributed by atoms with Crippen LogP contribution in [0.4, 0.5) is 10.1 Å². The van der Waals surface area contributed by atoms with Crippen LogP contribution in [0.5, 0.6) is 0 Å². The molecular weight excluding hydrogens is 383 g/mol. The lowest BCUT2D eigenvalue weighted by Crippen LogP contribution is -2.14. The molecule has 0 radical (unpaired) electrons. The maximum atomic E-state index is 13.2. The van der Waals surface area contributed by atoms with Crippen molar-refractivity contribution >= 4 is 28.8 Å². The standard InChI is InChI=1S/C19H16ClFN6O/c1-11-18(23-19(28)16-9-17-22-6-3-7-26(17)25-16)12(2)27(24-11)10-13-4-5-14(21)8-15(13)20/h3-9H,10H2,1-2H3,(H,23,28). The minimum absolute atomic E-state index is 0.256.